The van der Waals surface area contributed by atoms with Gasteiger partial charge in [0, 0.05) is 6.20 Å². The molecule has 1 amide bonds. The topological polar surface area (TPSA) is 132 Å². The van der Waals surface area contributed by atoms with E-state index in [1.165, 1.54) is 30.5 Å². The first kappa shape index (κ1) is 25.1. The summed E-state index contributed by atoms with van der Waals surface area (Å²) in [5.74, 6) is -4.53. The lowest BCUT2D eigenvalue weighted by Gasteiger charge is -2.23. The highest BCUT2D eigenvalue weighted by molar-refractivity contribution is 5.96. The molecule has 1 aromatic heterocycles. The Hall–Kier alpha value is -4.53. The second-order valence-corrected chi connectivity index (χ2v) is 7.76. The van der Waals surface area contributed by atoms with Crippen molar-refractivity contribution >= 4 is 23.8 Å². The Labute approximate surface area is 201 Å². The first-order valence-electron chi connectivity index (χ1n) is 10.7. The standard InChI is InChI=1S/C26H24N2O7/c1-16-6-10-18(11-7-16)25(32)34-21(23(29)28-15-20-5-3-4-14-27-20)22(24(30)31)35-26(33)19-12-8-17(2)9-13-19/h3-14,21-22H,15H2,1-2H3,(H,28,29)(H,30,31)/t21-,22-/m0/s1. The average Bonchev–Trinajstić information content (AvgIpc) is 2.85. The van der Waals surface area contributed by atoms with Crippen molar-refractivity contribution in [1.82, 2.24) is 10.3 Å². The van der Waals surface area contributed by atoms with Gasteiger partial charge < -0.3 is 19.9 Å². The second kappa shape index (κ2) is 11.6. The van der Waals surface area contributed by atoms with Crippen LogP contribution in [0.15, 0.2) is 72.9 Å². The maximum Gasteiger partial charge on any atom is 0.349 e. The van der Waals surface area contributed by atoms with Crippen LogP contribution in [0, 0.1) is 13.8 Å². The quantitative estimate of drug-likeness (QED) is 0.451. The molecule has 0 saturated heterocycles. The van der Waals surface area contributed by atoms with Crippen molar-refractivity contribution in [3.8, 4) is 0 Å². The zero-order valence-electron chi connectivity index (χ0n) is 19.1. The van der Waals surface area contributed by atoms with Gasteiger partial charge in [0.25, 0.3) is 5.91 Å². The summed E-state index contributed by atoms with van der Waals surface area (Å²) < 4.78 is 10.4. The molecule has 2 N–H and O–H groups in total. The molecule has 3 aromatic rings. The monoisotopic (exact) mass is 476 g/mol. The van der Waals surface area contributed by atoms with Gasteiger partial charge in [0.15, 0.2) is 0 Å². The largest absolute Gasteiger partial charge is 0.478 e. The van der Waals surface area contributed by atoms with E-state index in [9.17, 15) is 24.3 Å². The number of hydrogen-bond acceptors (Lipinski definition) is 7. The number of carboxylic acids is 1. The van der Waals surface area contributed by atoms with Crippen LogP contribution in [0.25, 0.3) is 0 Å². The van der Waals surface area contributed by atoms with Crippen molar-refractivity contribution in [3.05, 3.63) is 101 Å². The molecule has 35 heavy (non-hydrogen) atoms. The summed E-state index contributed by atoms with van der Waals surface area (Å²) in [6.45, 7) is 3.59. The minimum Gasteiger partial charge on any atom is -0.478 e. The summed E-state index contributed by atoms with van der Waals surface area (Å²) in [6, 6.07) is 17.6. The highest BCUT2D eigenvalue weighted by atomic mass is 16.6. The van der Waals surface area contributed by atoms with Gasteiger partial charge in [0.2, 0.25) is 12.2 Å². The Bertz CT molecular complexity index is 1190. The summed E-state index contributed by atoms with van der Waals surface area (Å²) in [4.78, 5) is 54.4. The molecule has 0 saturated carbocycles. The van der Waals surface area contributed by atoms with Gasteiger partial charge in [-0.25, -0.2) is 14.4 Å². The maximum absolute atomic E-state index is 13.0. The normalized spacial score (nSPS) is 12.2. The molecule has 0 spiro atoms. The minimum atomic E-state index is -2.10. The van der Waals surface area contributed by atoms with E-state index >= 15 is 0 Å². The molecule has 0 bridgehead atoms. The molecule has 3 rings (SSSR count). The molecular formula is C26H24N2O7. The number of aliphatic carboxylic acids is 1. The lowest BCUT2D eigenvalue weighted by molar-refractivity contribution is -0.159. The minimum absolute atomic E-state index is 0.0590. The number of pyridine rings is 1. The summed E-state index contributed by atoms with van der Waals surface area (Å²) in [5, 5.41) is 12.3. The fourth-order valence-electron chi connectivity index (χ4n) is 3.02. The van der Waals surface area contributed by atoms with Crippen molar-refractivity contribution in [3.63, 3.8) is 0 Å². The van der Waals surface area contributed by atoms with E-state index in [1.54, 1.807) is 42.5 Å². The number of hydrogen-bond donors (Lipinski definition) is 2. The second-order valence-electron chi connectivity index (χ2n) is 7.76. The third kappa shape index (κ3) is 6.97. The smallest absolute Gasteiger partial charge is 0.349 e. The van der Waals surface area contributed by atoms with Crippen LogP contribution in [0.4, 0.5) is 0 Å². The summed E-state index contributed by atoms with van der Waals surface area (Å²) >= 11 is 0. The zero-order chi connectivity index (χ0) is 25.4. The number of esters is 2. The van der Waals surface area contributed by atoms with Crippen LogP contribution >= 0.6 is 0 Å². The predicted octanol–water partition coefficient (Wildman–Crippen LogP) is 2.85. The summed E-state index contributed by atoms with van der Waals surface area (Å²) in [6.07, 6.45) is -2.53. The maximum atomic E-state index is 13.0. The van der Waals surface area contributed by atoms with E-state index in [-0.39, 0.29) is 17.7 Å². The fourth-order valence-corrected chi connectivity index (χ4v) is 3.02. The average molecular weight is 476 g/mol. The molecule has 1 heterocycles. The van der Waals surface area contributed by atoms with Crippen LogP contribution in [0.2, 0.25) is 0 Å². The van der Waals surface area contributed by atoms with Gasteiger partial charge in [-0.3, -0.25) is 9.78 Å². The number of amides is 1. The lowest BCUT2D eigenvalue weighted by Crippen LogP contribution is -2.50. The number of aryl methyl sites for hydroxylation is 2. The van der Waals surface area contributed by atoms with Crippen LogP contribution in [-0.4, -0.2) is 46.1 Å². The zero-order valence-corrected chi connectivity index (χ0v) is 19.1. The highest BCUT2D eigenvalue weighted by Crippen LogP contribution is 2.15. The number of nitrogens with one attached hydrogen (secondary N) is 1. The van der Waals surface area contributed by atoms with E-state index in [1.807, 2.05) is 13.8 Å². The molecule has 0 radical (unpaired) electrons. The molecule has 2 atom stereocenters. The van der Waals surface area contributed by atoms with Crippen molar-refractivity contribution in [2.24, 2.45) is 0 Å². The highest BCUT2D eigenvalue weighted by Gasteiger charge is 2.40. The number of benzene rings is 2. The van der Waals surface area contributed by atoms with Gasteiger partial charge in [-0.1, -0.05) is 41.5 Å². The lowest BCUT2D eigenvalue weighted by atomic mass is 10.1. The van der Waals surface area contributed by atoms with E-state index in [4.69, 9.17) is 9.47 Å². The number of carbonyl (C=O) groups excluding carboxylic acids is 3. The van der Waals surface area contributed by atoms with Crippen molar-refractivity contribution in [1.29, 1.82) is 0 Å². The van der Waals surface area contributed by atoms with Gasteiger partial charge in [-0.2, -0.15) is 0 Å². The molecule has 2 aromatic carbocycles. The molecule has 0 aliphatic heterocycles. The van der Waals surface area contributed by atoms with Crippen LogP contribution in [0.5, 0.6) is 0 Å². The van der Waals surface area contributed by atoms with Crippen molar-refractivity contribution in [2.75, 3.05) is 0 Å². The Morgan fingerprint density at radius 1 is 0.800 bits per heavy atom. The van der Waals surface area contributed by atoms with Gasteiger partial charge in [0.05, 0.1) is 23.4 Å². The van der Waals surface area contributed by atoms with Crippen molar-refractivity contribution in [2.45, 2.75) is 32.6 Å². The molecule has 9 heteroatoms. The van der Waals surface area contributed by atoms with Gasteiger partial charge in [0.1, 0.15) is 0 Å². The molecule has 0 aliphatic rings. The van der Waals surface area contributed by atoms with E-state index in [0.29, 0.717) is 5.69 Å². The summed E-state index contributed by atoms with van der Waals surface area (Å²) in [7, 11) is 0. The molecule has 0 fully saturated rings. The van der Waals surface area contributed by atoms with Crippen LogP contribution in [0.3, 0.4) is 0 Å². The third-order valence-electron chi connectivity index (χ3n) is 4.99. The van der Waals surface area contributed by atoms with Gasteiger partial charge >= 0.3 is 17.9 Å². The summed E-state index contributed by atoms with van der Waals surface area (Å²) in [5.41, 5.74) is 2.45. The first-order valence-corrected chi connectivity index (χ1v) is 10.7. The Balaban J connectivity index is 1.85. The molecule has 0 unspecified atom stereocenters. The number of ether oxygens (including phenoxy) is 2. The number of aromatic nitrogens is 1. The fraction of sp³-hybridized carbons (Fsp3) is 0.192. The Morgan fingerprint density at radius 3 is 1.77 bits per heavy atom. The Kier molecular flexibility index (Phi) is 8.29. The first-order chi connectivity index (χ1) is 16.7. The van der Waals surface area contributed by atoms with Crippen LogP contribution in [0.1, 0.15) is 37.5 Å². The Morgan fingerprint density at radius 2 is 1.31 bits per heavy atom. The number of rotatable bonds is 9. The SMILES string of the molecule is Cc1ccc(C(=O)O[C@H](C(=O)O)[C@H](OC(=O)c2ccc(C)cc2)C(=O)NCc2ccccn2)cc1. The van der Waals surface area contributed by atoms with Gasteiger partial charge in [-0.15, -0.1) is 0 Å². The van der Waals surface area contributed by atoms with Crippen LogP contribution < -0.4 is 5.32 Å². The van der Waals surface area contributed by atoms with E-state index < -0.39 is 36.0 Å². The number of carboxylic acid groups (broad SMARTS) is 1. The third-order valence-corrected chi connectivity index (χ3v) is 4.99. The molecule has 9 nitrogen and oxygen atoms in total. The number of carbonyl (C=O) groups is 4. The van der Waals surface area contributed by atoms with Crippen molar-refractivity contribution < 1.29 is 33.8 Å². The van der Waals surface area contributed by atoms with Gasteiger partial charge in [-0.05, 0) is 50.2 Å². The molecule has 0 aliphatic carbocycles. The predicted molar refractivity (Wildman–Crippen MR) is 124 cm³/mol. The molecular weight excluding hydrogens is 452 g/mol. The molecule has 180 valence electrons. The number of nitrogens with zero attached hydrogens (tertiary/aromatic N) is 1. The van der Waals surface area contributed by atoms with Crippen LogP contribution in [-0.2, 0) is 25.6 Å². The van der Waals surface area contributed by atoms with E-state index in [0.717, 1.165) is 11.1 Å². The van der Waals surface area contributed by atoms with E-state index in [2.05, 4.69) is 10.3 Å².